The molecule has 2 aromatic rings. The molecule has 0 bridgehead atoms. The summed E-state index contributed by atoms with van der Waals surface area (Å²) >= 11 is 3.39. The van der Waals surface area contributed by atoms with Crippen molar-refractivity contribution in [2.45, 2.75) is 18.9 Å². The fourth-order valence-electron chi connectivity index (χ4n) is 2.60. The molecule has 1 aromatic carbocycles. The molecule has 0 aliphatic carbocycles. The summed E-state index contributed by atoms with van der Waals surface area (Å²) in [6.45, 7) is 1.15. The van der Waals surface area contributed by atoms with Crippen LogP contribution in [0.1, 0.15) is 18.6 Å². The molecule has 6 heteroatoms. The van der Waals surface area contributed by atoms with Crippen LogP contribution in [0.5, 0.6) is 0 Å². The largest absolute Gasteiger partial charge is 0.457 e. The molecule has 1 aromatic heterocycles. The van der Waals surface area contributed by atoms with Gasteiger partial charge in [-0.2, -0.15) is 5.26 Å². The number of carbonyl (C=O) groups excluding carboxylic acids is 1. The number of furan rings is 1. The van der Waals surface area contributed by atoms with Gasteiger partial charge < -0.3 is 14.5 Å². The summed E-state index contributed by atoms with van der Waals surface area (Å²) in [6, 6.07) is 13.2. The number of benzene rings is 1. The average Bonchev–Trinajstić information content (AvgIpc) is 3.30. The Kier molecular flexibility index (Phi) is 5.69. The lowest BCUT2D eigenvalue weighted by Gasteiger charge is -2.09. The average molecular weight is 401 g/mol. The third kappa shape index (κ3) is 4.59. The van der Waals surface area contributed by atoms with Crippen LogP contribution in [0.3, 0.4) is 0 Å². The number of rotatable bonds is 5. The van der Waals surface area contributed by atoms with E-state index in [-0.39, 0.29) is 11.7 Å². The molecule has 3 rings (SSSR count). The van der Waals surface area contributed by atoms with Crippen molar-refractivity contribution in [1.29, 1.82) is 5.26 Å². The van der Waals surface area contributed by atoms with Crippen LogP contribution in [-0.4, -0.2) is 25.2 Å². The van der Waals surface area contributed by atoms with Crippen molar-refractivity contribution in [1.82, 2.24) is 5.32 Å². The van der Waals surface area contributed by atoms with E-state index in [0.717, 1.165) is 29.5 Å². The molecule has 128 valence electrons. The first-order chi connectivity index (χ1) is 12.2. The van der Waals surface area contributed by atoms with Crippen LogP contribution >= 0.6 is 15.9 Å². The van der Waals surface area contributed by atoms with Gasteiger partial charge in [0, 0.05) is 29.3 Å². The maximum Gasteiger partial charge on any atom is 0.262 e. The van der Waals surface area contributed by atoms with Crippen LogP contribution in [0.4, 0.5) is 0 Å². The quantitative estimate of drug-likeness (QED) is 0.609. The maximum absolute atomic E-state index is 12.1. The highest BCUT2D eigenvalue weighted by Crippen LogP contribution is 2.25. The zero-order valence-corrected chi connectivity index (χ0v) is 15.1. The molecule has 1 N–H and O–H groups in total. The van der Waals surface area contributed by atoms with E-state index in [4.69, 9.17) is 9.15 Å². The van der Waals surface area contributed by atoms with Gasteiger partial charge in [0.1, 0.15) is 23.2 Å². The second kappa shape index (κ2) is 8.15. The van der Waals surface area contributed by atoms with Crippen LogP contribution < -0.4 is 5.32 Å². The van der Waals surface area contributed by atoms with Crippen molar-refractivity contribution in [3.63, 3.8) is 0 Å². The molecular formula is C19H17BrN2O3. The van der Waals surface area contributed by atoms with Crippen LogP contribution in [0.25, 0.3) is 17.4 Å². The standard InChI is InChI=1S/C19H17BrN2O3/c20-15-5-3-13(4-6-15)18-8-7-16(25-18)10-14(11-21)19(23)22-12-17-2-1-9-24-17/h3-8,10,17H,1-2,9,12H2,(H,22,23)/b14-10-/t17-/m1/s1. The predicted octanol–water partition coefficient (Wildman–Crippen LogP) is 3.91. The molecule has 0 radical (unpaired) electrons. The molecule has 1 amide bonds. The summed E-state index contributed by atoms with van der Waals surface area (Å²) in [5.41, 5.74) is 0.930. The molecule has 1 fully saturated rings. The van der Waals surface area contributed by atoms with Gasteiger partial charge in [-0.05, 0) is 37.1 Å². The van der Waals surface area contributed by atoms with E-state index >= 15 is 0 Å². The predicted molar refractivity (Wildman–Crippen MR) is 97.4 cm³/mol. The zero-order chi connectivity index (χ0) is 17.6. The molecule has 0 spiro atoms. The number of nitrogens with one attached hydrogen (secondary N) is 1. The minimum absolute atomic E-state index is 0.00898. The normalized spacial score (nSPS) is 17.3. The lowest BCUT2D eigenvalue weighted by molar-refractivity contribution is -0.117. The van der Waals surface area contributed by atoms with Crippen LogP contribution in [0.2, 0.25) is 0 Å². The summed E-state index contributed by atoms with van der Waals surface area (Å²) in [5, 5.41) is 12.0. The van der Waals surface area contributed by atoms with E-state index in [1.54, 1.807) is 6.07 Å². The lowest BCUT2D eigenvalue weighted by atomic mass is 10.2. The van der Waals surface area contributed by atoms with Crippen molar-refractivity contribution in [2.24, 2.45) is 0 Å². The second-order valence-electron chi connectivity index (χ2n) is 5.72. The summed E-state index contributed by atoms with van der Waals surface area (Å²) in [7, 11) is 0. The van der Waals surface area contributed by atoms with Crippen molar-refractivity contribution >= 4 is 27.9 Å². The van der Waals surface area contributed by atoms with E-state index < -0.39 is 5.91 Å². The van der Waals surface area contributed by atoms with Crippen molar-refractivity contribution in [3.05, 3.63) is 52.2 Å². The monoisotopic (exact) mass is 400 g/mol. The molecular weight excluding hydrogens is 384 g/mol. The number of halogens is 1. The minimum atomic E-state index is -0.417. The molecule has 25 heavy (non-hydrogen) atoms. The third-order valence-electron chi connectivity index (χ3n) is 3.92. The Morgan fingerprint density at radius 2 is 2.12 bits per heavy atom. The Hall–Kier alpha value is -2.36. The van der Waals surface area contributed by atoms with E-state index in [0.29, 0.717) is 18.1 Å². The fraction of sp³-hybridized carbons (Fsp3) is 0.263. The summed E-state index contributed by atoms with van der Waals surface area (Å²) in [5.74, 6) is 0.720. The molecule has 1 aliphatic heterocycles. The number of carbonyl (C=O) groups is 1. The summed E-state index contributed by atoms with van der Waals surface area (Å²) < 4.78 is 12.2. The maximum atomic E-state index is 12.1. The fourth-order valence-corrected chi connectivity index (χ4v) is 2.86. The highest BCUT2D eigenvalue weighted by Gasteiger charge is 2.18. The minimum Gasteiger partial charge on any atom is -0.457 e. The molecule has 1 aliphatic rings. The highest BCUT2D eigenvalue weighted by atomic mass is 79.9. The van der Waals surface area contributed by atoms with Gasteiger partial charge in [0.15, 0.2) is 0 Å². The molecule has 0 saturated carbocycles. The number of hydrogen-bond acceptors (Lipinski definition) is 4. The van der Waals surface area contributed by atoms with Crippen LogP contribution in [0.15, 0.2) is 50.9 Å². The first-order valence-electron chi connectivity index (χ1n) is 8.03. The van der Waals surface area contributed by atoms with E-state index in [1.165, 1.54) is 6.08 Å². The van der Waals surface area contributed by atoms with Gasteiger partial charge in [0.25, 0.3) is 5.91 Å². The van der Waals surface area contributed by atoms with E-state index in [1.807, 2.05) is 36.4 Å². The Morgan fingerprint density at radius 3 is 2.80 bits per heavy atom. The number of nitriles is 1. The summed E-state index contributed by atoms with van der Waals surface area (Å²) in [6.07, 6.45) is 3.43. The molecule has 1 atom stereocenters. The zero-order valence-electron chi connectivity index (χ0n) is 13.5. The SMILES string of the molecule is N#C/C(=C/c1ccc(-c2ccc(Br)cc2)o1)C(=O)NC[C@H]1CCCO1. The number of ether oxygens (including phenoxy) is 1. The highest BCUT2D eigenvalue weighted by molar-refractivity contribution is 9.10. The first-order valence-corrected chi connectivity index (χ1v) is 8.82. The van der Waals surface area contributed by atoms with Gasteiger partial charge in [0.2, 0.25) is 0 Å². The first kappa shape index (κ1) is 17.5. The Labute approximate surface area is 154 Å². The Morgan fingerprint density at radius 1 is 1.32 bits per heavy atom. The van der Waals surface area contributed by atoms with Gasteiger partial charge in [-0.3, -0.25) is 4.79 Å². The number of hydrogen-bond donors (Lipinski definition) is 1. The molecule has 0 unspecified atom stereocenters. The summed E-state index contributed by atoms with van der Waals surface area (Å²) in [4.78, 5) is 12.1. The van der Waals surface area contributed by atoms with Gasteiger partial charge >= 0.3 is 0 Å². The number of nitrogens with zero attached hydrogens (tertiary/aromatic N) is 1. The van der Waals surface area contributed by atoms with Crippen LogP contribution in [-0.2, 0) is 9.53 Å². The molecule has 5 nitrogen and oxygen atoms in total. The Balaban J connectivity index is 1.68. The van der Waals surface area contributed by atoms with Crippen LogP contribution in [0, 0.1) is 11.3 Å². The molecule has 2 heterocycles. The smallest absolute Gasteiger partial charge is 0.262 e. The van der Waals surface area contributed by atoms with Gasteiger partial charge in [-0.25, -0.2) is 0 Å². The van der Waals surface area contributed by atoms with Gasteiger partial charge in [-0.1, -0.05) is 28.1 Å². The second-order valence-corrected chi connectivity index (χ2v) is 6.64. The lowest BCUT2D eigenvalue weighted by Crippen LogP contribution is -2.32. The Bertz CT molecular complexity index is 812. The van der Waals surface area contributed by atoms with E-state index in [9.17, 15) is 10.1 Å². The van der Waals surface area contributed by atoms with Gasteiger partial charge in [0.05, 0.1) is 6.10 Å². The number of amides is 1. The topological polar surface area (TPSA) is 75.3 Å². The van der Waals surface area contributed by atoms with Gasteiger partial charge in [-0.15, -0.1) is 0 Å². The van der Waals surface area contributed by atoms with Crippen molar-refractivity contribution in [3.8, 4) is 17.4 Å². The van der Waals surface area contributed by atoms with Crippen molar-refractivity contribution < 1.29 is 13.9 Å². The third-order valence-corrected chi connectivity index (χ3v) is 4.45. The molecule has 1 saturated heterocycles. The van der Waals surface area contributed by atoms with E-state index in [2.05, 4.69) is 21.2 Å². The van der Waals surface area contributed by atoms with Crippen molar-refractivity contribution in [2.75, 3.05) is 13.2 Å².